The Morgan fingerprint density at radius 3 is 1.24 bits per heavy atom. The van der Waals surface area contributed by atoms with Gasteiger partial charge in [-0.15, -0.1) is 5.50 Å². The molecule has 2 N–H and O–H groups in total. The summed E-state index contributed by atoms with van der Waals surface area (Å²) < 4.78 is 20.0. The highest BCUT2D eigenvalue weighted by atomic mass is 31.2. The number of fused-ring (bicyclic) bond motifs is 7. The molecular formula is C41H41NO3P+. The zero-order valence-corrected chi connectivity index (χ0v) is 28.2. The van der Waals surface area contributed by atoms with Crippen molar-refractivity contribution in [2.24, 2.45) is 5.50 Å². The summed E-state index contributed by atoms with van der Waals surface area (Å²) in [7, 11) is -1.81. The van der Waals surface area contributed by atoms with E-state index in [-0.39, 0.29) is 0 Å². The minimum Gasteiger partial charge on any atom is -0.262 e. The Labute approximate surface area is 272 Å². The van der Waals surface area contributed by atoms with E-state index in [0.717, 1.165) is 69.5 Å². The summed E-state index contributed by atoms with van der Waals surface area (Å²) in [5.41, 5.74) is 18.6. The molecule has 0 fully saturated rings. The molecular weight excluding hydrogens is 585 g/mol. The molecule has 0 spiro atoms. The predicted molar refractivity (Wildman–Crippen MR) is 195 cm³/mol. The summed E-state index contributed by atoms with van der Waals surface area (Å²) in [6.45, 7) is 8.84. The molecule has 6 aromatic carbocycles. The van der Waals surface area contributed by atoms with Gasteiger partial charge in [-0.25, -0.2) is 0 Å². The van der Waals surface area contributed by atoms with E-state index in [2.05, 4.69) is 125 Å². The number of rotatable bonds is 7. The van der Waals surface area contributed by atoms with Gasteiger partial charge in [-0.05, 0) is 92.7 Å². The first-order valence-corrected chi connectivity index (χ1v) is 18.0. The third-order valence-electron chi connectivity index (χ3n) is 9.48. The molecule has 0 unspecified atom stereocenters. The molecule has 0 saturated heterocycles. The maximum atomic E-state index is 7.10. The van der Waals surface area contributed by atoms with Crippen molar-refractivity contribution in [3.8, 4) is 44.9 Å². The topological polar surface area (TPSA) is 53.7 Å². The van der Waals surface area contributed by atoms with E-state index < -0.39 is 8.09 Å². The summed E-state index contributed by atoms with van der Waals surface area (Å²) in [4.78, 5) is 0. The number of hydrogen-bond donors (Lipinski definition) is 1. The molecule has 46 heavy (non-hydrogen) atoms. The van der Waals surface area contributed by atoms with Crippen LogP contribution in [0.25, 0.3) is 54.9 Å². The zero-order chi connectivity index (χ0) is 32.0. The van der Waals surface area contributed by atoms with E-state index in [9.17, 15) is 0 Å². The normalized spacial score (nSPS) is 13.5. The summed E-state index contributed by atoms with van der Waals surface area (Å²) in [6.07, 6.45) is 3.58. The first-order chi connectivity index (χ1) is 22.4. The summed E-state index contributed by atoms with van der Waals surface area (Å²) in [5.74, 6) is 1.43. The van der Waals surface area contributed by atoms with Crippen LogP contribution in [0.2, 0.25) is 0 Å². The van der Waals surface area contributed by atoms with Crippen LogP contribution in [-0.2, 0) is 30.2 Å². The number of nitrogens with two attached hydrogens (primary N) is 1. The number of aryl methyl sites for hydroxylation is 4. The van der Waals surface area contributed by atoms with E-state index in [4.69, 9.17) is 19.1 Å². The smallest absolute Gasteiger partial charge is 0.262 e. The lowest BCUT2D eigenvalue weighted by Gasteiger charge is -2.20. The number of hydrogen-bond acceptors (Lipinski definition) is 4. The second-order valence-electron chi connectivity index (χ2n) is 11.9. The molecule has 0 aliphatic carbocycles. The maximum absolute atomic E-state index is 7.10. The van der Waals surface area contributed by atoms with Crippen molar-refractivity contribution < 1.29 is 13.6 Å². The van der Waals surface area contributed by atoms with E-state index in [1.165, 1.54) is 33.4 Å². The van der Waals surface area contributed by atoms with Crippen molar-refractivity contribution in [3.05, 3.63) is 119 Å². The Balaban J connectivity index is 1.73. The zero-order valence-electron chi connectivity index (χ0n) is 27.3. The maximum Gasteiger partial charge on any atom is 0.589 e. The Kier molecular flexibility index (Phi) is 8.07. The van der Waals surface area contributed by atoms with Crippen LogP contribution < -0.4 is 14.6 Å². The van der Waals surface area contributed by atoms with Crippen LogP contribution in [0.4, 0.5) is 0 Å². The molecule has 1 aliphatic rings. The van der Waals surface area contributed by atoms with Gasteiger partial charge >= 0.3 is 8.09 Å². The molecule has 0 radical (unpaired) electrons. The van der Waals surface area contributed by atoms with Crippen molar-refractivity contribution in [1.29, 1.82) is 0 Å². The average molecular weight is 627 g/mol. The Morgan fingerprint density at radius 1 is 0.522 bits per heavy atom. The SMILES string of the molecule is CCc1cccc(CC)c1-c1cc2ccccc2c2c1O[P+](N)(OC)Oc1c(-c3c(CC)cccc3CC)cc3ccccc3c1-2. The van der Waals surface area contributed by atoms with E-state index in [1.54, 1.807) is 7.11 Å². The fourth-order valence-electron chi connectivity index (χ4n) is 7.24. The summed E-state index contributed by atoms with van der Waals surface area (Å²) in [5, 5.41) is 4.45. The third kappa shape index (κ3) is 4.88. The molecule has 0 amide bonds. The van der Waals surface area contributed by atoms with Crippen molar-refractivity contribution in [1.82, 2.24) is 0 Å². The second-order valence-corrected chi connectivity index (χ2v) is 13.7. The highest BCUT2D eigenvalue weighted by Crippen LogP contribution is 2.65. The molecule has 0 aromatic heterocycles. The van der Waals surface area contributed by atoms with Gasteiger partial charge in [0.05, 0.1) is 7.11 Å². The Bertz CT molecular complexity index is 1930. The quantitative estimate of drug-likeness (QED) is 0.179. The van der Waals surface area contributed by atoms with E-state index in [1.807, 2.05) is 0 Å². The predicted octanol–water partition coefficient (Wildman–Crippen LogP) is 11.3. The molecule has 0 bridgehead atoms. The minimum absolute atomic E-state index is 0.715. The van der Waals surface area contributed by atoms with E-state index in [0.29, 0.717) is 11.5 Å². The van der Waals surface area contributed by atoms with Gasteiger partial charge in [0, 0.05) is 22.3 Å². The molecule has 1 heterocycles. The summed E-state index contributed by atoms with van der Waals surface area (Å²) >= 11 is 0. The molecule has 0 atom stereocenters. The molecule has 0 saturated carbocycles. The highest BCUT2D eigenvalue weighted by Gasteiger charge is 2.49. The van der Waals surface area contributed by atoms with Gasteiger partial charge in [-0.1, -0.05) is 113 Å². The van der Waals surface area contributed by atoms with Gasteiger partial charge in [0.1, 0.15) is 0 Å². The fraction of sp³-hybridized carbons (Fsp3) is 0.220. The van der Waals surface area contributed by atoms with Crippen LogP contribution in [0, 0.1) is 0 Å². The van der Waals surface area contributed by atoms with Gasteiger partial charge in [0.2, 0.25) is 11.5 Å². The van der Waals surface area contributed by atoms with Gasteiger partial charge in [0.25, 0.3) is 0 Å². The molecule has 6 aromatic rings. The average Bonchev–Trinajstić information content (AvgIpc) is 3.25. The standard InChI is InChI=1S/C41H41NO3P/c1-6-26-18-14-19-27(7-2)36(26)34-24-30-16-10-12-22-32(30)38-39-33-23-13-11-17-31(33)25-35(37-28(8-3)20-15-21-29(37)9-4)41(39)45-46(42,43-5)44-40(34)38/h10-25H,6-9,42H2,1-5H3/q+1. The number of benzene rings is 6. The van der Waals surface area contributed by atoms with Crippen molar-refractivity contribution in [2.75, 3.05) is 7.11 Å². The van der Waals surface area contributed by atoms with Gasteiger partial charge in [-0.3, -0.25) is 9.05 Å². The van der Waals surface area contributed by atoms with Crippen LogP contribution in [0.5, 0.6) is 11.5 Å². The monoisotopic (exact) mass is 626 g/mol. The Hall–Kier alpha value is -4.21. The van der Waals surface area contributed by atoms with Crippen molar-refractivity contribution >= 4 is 29.6 Å². The van der Waals surface area contributed by atoms with Gasteiger partial charge < -0.3 is 0 Å². The van der Waals surface area contributed by atoms with Crippen molar-refractivity contribution in [3.63, 3.8) is 0 Å². The molecule has 5 heteroatoms. The molecule has 1 aliphatic heterocycles. The minimum atomic E-state index is -3.40. The molecule has 232 valence electrons. The molecule has 7 rings (SSSR count). The lowest BCUT2D eigenvalue weighted by Crippen LogP contribution is -2.18. The van der Waals surface area contributed by atoms with Crippen LogP contribution in [-0.4, -0.2) is 7.11 Å². The lowest BCUT2D eigenvalue weighted by atomic mass is 9.83. The van der Waals surface area contributed by atoms with Crippen LogP contribution >= 0.6 is 8.09 Å². The van der Waals surface area contributed by atoms with Crippen LogP contribution in [0.3, 0.4) is 0 Å². The second kappa shape index (κ2) is 12.2. The highest BCUT2D eigenvalue weighted by molar-refractivity contribution is 7.59. The van der Waals surface area contributed by atoms with Crippen molar-refractivity contribution in [2.45, 2.75) is 53.4 Å². The summed E-state index contributed by atoms with van der Waals surface area (Å²) in [6, 6.07) is 34.9. The molecule has 4 nitrogen and oxygen atoms in total. The van der Waals surface area contributed by atoms with Crippen LogP contribution in [0.1, 0.15) is 49.9 Å². The van der Waals surface area contributed by atoms with Crippen LogP contribution in [0.15, 0.2) is 97.1 Å². The largest absolute Gasteiger partial charge is 0.589 e. The Morgan fingerprint density at radius 2 is 0.891 bits per heavy atom. The van der Waals surface area contributed by atoms with Gasteiger partial charge in [0.15, 0.2) is 0 Å². The lowest BCUT2D eigenvalue weighted by molar-refractivity contribution is 0.297. The first-order valence-electron chi connectivity index (χ1n) is 16.4. The first kappa shape index (κ1) is 30.4. The van der Waals surface area contributed by atoms with E-state index >= 15 is 0 Å². The third-order valence-corrected chi connectivity index (χ3v) is 10.9. The van der Waals surface area contributed by atoms with Gasteiger partial charge in [-0.2, -0.15) is 4.52 Å². The fourth-order valence-corrected chi connectivity index (χ4v) is 8.31.